The van der Waals surface area contributed by atoms with E-state index in [-0.39, 0.29) is 31.5 Å². The molecular weight excluding hydrogens is 228 g/mol. The molecule has 1 aromatic heterocycles. The summed E-state index contributed by atoms with van der Waals surface area (Å²) in [6.07, 6.45) is 0. The Bertz CT molecular complexity index is 401. The number of likely N-dealkylation sites (N-methyl/N-ethyl adjacent to an activating group) is 1. The van der Waals surface area contributed by atoms with E-state index in [1.165, 1.54) is 24.1 Å². The second-order valence-electron chi connectivity index (χ2n) is 3.37. The lowest BCUT2D eigenvalue weighted by Crippen LogP contribution is -2.38. The largest absolute Gasteiger partial charge is 0.475 e. The second kappa shape index (κ2) is 5.90. The summed E-state index contributed by atoms with van der Waals surface area (Å²) >= 11 is 0. The third-order valence-corrected chi connectivity index (χ3v) is 2.07. The Morgan fingerprint density at radius 3 is 2.71 bits per heavy atom. The minimum absolute atomic E-state index is 0.0991. The first-order valence-corrected chi connectivity index (χ1v) is 4.96. The summed E-state index contributed by atoms with van der Waals surface area (Å²) < 4.78 is 4.95. The van der Waals surface area contributed by atoms with Gasteiger partial charge in [0.05, 0.1) is 13.2 Å². The molecule has 0 unspecified atom stereocenters. The average Bonchev–Trinajstić information content (AvgIpc) is 2.75. The molecule has 0 aliphatic carbocycles. The zero-order valence-corrected chi connectivity index (χ0v) is 9.34. The van der Waals surface area contributed by atoms with Crippen LogP contribution >= 0.6 is 0 Å². The summed E-state index contributed by atoms with van der Waals surface area (Å²) in [6, 6.07) is 2.43. The van der Waals surface area contributed by atoms with Gasteiger partial charge in [0.25, 0.3) is 0 Å². The van der Waals surface area contributed by atoms with Gasteiger partial charge in [0.2, 0.25) is 5.76 Å². The Morgan fingerprint density at radius 2 is 2.18 bits per heavy atom. The highest BCUT2D eigenvalue weighted by Crippen LogP contribution is 2.07. The standard InChI is InChI=1S/C10H14N2O5/c1-12(4-5-13)10(16)11-6-7-2-3-8(17-7)9(14)15/h2-3,13H,4-6H2,1H3,(H,11,16)(H,14,15). The van der Waals surface area contributed by atoms with E-state index >= 15 is 0 Å². The molecule has 1 aromatic rings. The molecule has 0 radical (unpaired) electrons. The number of aliphatic hydroxyl groups excluding tert-OH is 1. The number of carbonyl (C=O) groups excluding carboxylic acids is 1. The highest BCUT2D eigenvalue weighted by atomic mass is 16.4. The van der Waals surface area contributed by atoms with Crippen LogP contribution in [0.4, 0.5) is 4.79 Å². The fourth-order valence-corrected chi connectivity index (χ4v) is 1.14. The van der Waals surface area contributed by atoms with E-state index in [1.54, 1.807) is 0 Å². The molecule has 7 nitrogen and oxygen atoms in total. The van der Waals surface area contributed by atoms with Crippen LogP contribution in [0.3, 0.4) is 0 Å². The summed E-state index contributed by atoms with van der Waals surface area (Å²) in [5, 5.41) is 19.8. The number of carboxylic acid groups (broad SMARTS) is 1. The maximum atomic E-state index is 11.4. The van der Waals surface area contributed by atoms with Crippen molar-refractivity contribution < 1.29 is 24.2 Å². The minimum atomic E-state index is -1.15. The zero-order chi connectivity index (χ0) is 12.8. The van der Waals surface area contributed by atoms with Crippen molar-refractivity contribution in [2.45, 2.75) is 6.54 Å². The number of nitrogens with zero attached hydrogens (tertiary/aromatic N) is 1. The number of hydrogen-bond donors (Lipinski definition) is 3. The predicted molar refractivity (Wildman–Crippen MR) is 57.6 cm³/mol. The molecule has 17 heavy (non-hydrogen) atoms. The summed E-state index contributed by atoms with van der Waals surface area (Å²) in [4.78, 5) is 23.2. The number of carbonyl (C=O) groups is 2. The van der Waals surface area contributed by atoms with Gasteiger partial charge in [-0.15, -0.1) is 0 Å². The second-order valence-corrected chi connectivity index (χ2v) is 3.37. The molecule has 2 amide bonds. The zero-order valence-electron chi connectivity index (χ0n) is 9.34. The van der Waals surface area contributed by atoms with Crippen molar-refractivity contribution >= 4 is 12.0 Å². The van der Waals surface area contributed by atoms with Crippen LogP contribution < -0.4 is 5.32 Å². The van der Waals surface area contributed by atoms with Crippen molar-refractivity contribution in [3.05, 3.63) is 23.7 Å². The molecule has 0 spiro atoms. The van der Waals surface area contributed by atoms with Crippen LogP contribution in [0, 0.1) is 0 Å². The number of amides is 2. The van der Waals surface area contributed by atoms with Gasteiger partial charge in [-0.1, -0.05) is 0 Å². The quantitative estimate of drug-likeness (QED) is 0.680. The van der Waals surface area contributed by atoms with E-state index in [4.69, 9.17) is 14.6 Å². The van der Waals surface area contributed by atoms with Gasteiger partial charge in [-0.2, -0.15) is 0 Å². The smallest absolute Gasteiger partial charge is 0.371 e. The molecule has 0 atom stereocenters. The molecule has 1 rings (SSSR count). The Balaban J connectivity index is 2.44. The third kappa shape index (κ3) is 3.80. The molecule has 0 aliphatic rings. The van der Waals surface area contributed by atoms with E-state index in [0.717, 1.165) is 0 Å². The van der Waals surface area contributed by atoms with Gasteiger partial charge in [0.15, 0.2) is 0 Å². The number of carboxylic acids is 1. The number of aliphatic hydroxyl groups is 1. The van der Waals surface area contributed by atoms with Crippen molar-refractivity contribution in [3.8, 4) is 0 Å². The van der Waals surface area contributed by atoms with E-state index in [1.807, 2.05) is 0 Å². The van der Waals surface area contributed by atoms with E-state index in [0.29, 0.717) is 5.76 Å². The molecule has 0 aromatic carbocycles. The van der Waals surface area contributed by atoms with Gasteiger partial charge >= 0.3 is 12.0 Å². The van der Waals surface area contributed by atoms with E-state index in [9.17, 15) is 9.59 Å². The van der Waals surface area contributed by atoms with E-state index < -0.39 is 5.97 Å². The Labute approximate surface area is 97.6 Å². The lowest BCUT2D eigenvalue weighted by molar-refractivity contribution is 0.0660. The molecule has 3 N–H and O–H groups in total. The molecule has 0 aliphatic heterocycles. The van der Waals surface area contributed by atoms with Crippen LogP contribution in [0.25, 0.3) is 0 Å². The topological polar surface area (TPSA) is 103 Å². The summed E-state index contributed by atoms with van der Waals surface area (Å²) in [6.45, 7) is 0.208. The minimum Gasteiger partial charge on any atom is -0.475 e. The highest BCUT2D eigenvalue weighted by Gasteiger charge is 2.11. The van der Waals surface area contributed by atoms with Crippen LogP contribution in [0.1, 0.15) is 16.3 Å². The number of furan rings is 1. The molecule has 94 valence electrons. The molecule has 0 saturated heterocycles. The fourth-order valence-electron chi connectivity index (χ4n) is 1.14. The summed E-state index contributed by atoms with van der Waals surface area (Å²) in [5.74, 6) is -0.967. The number of hydrogen-bond acceptors (Lipinski definition) is 4. The number of rotatable bonds is 5. The van der Waals surface area contributed by atoms with Gasteiger partial charge in [0, 0.05) is 13.6 Å². The molecule has 0 bridgehead atoms. The summed E-state index contributed by atoms with van der Waals surface area (Å²) in [7, 11) is 1.54. The molecule has 0 fully saturated rings. The predicted octanol–water partition coefficient (Wildman–Crippen LogP) is 0.111. The molecule has 7 heteroatoms. The van der Waals surface area contributed by atoms with Crippen molar-refractivity contribution in [1.82, 2.24) is 10.2 Å². The summed E-state index contributed by atoms with van der Waals surface area (Å²) in [5.41, 5.74) is 0. The first-order valence-electron chi connectivity index (χ1n) is 4.96. The average molecular weight is 242 g/mol. The monoisotopic (exact) mass is 242 g/mol. The van der Waals surface area contributed by atoms with Crippen LogP contribution in [0.15, 0.2) is 16.5 Å². The first-order chi connectivity index (χ1) is 8.04. The SMILES string of the molecule is CN(CCO)C(=O)NCc1ccc(C(=O)O)o1. The van der Waals surface area contributed by atoms with Gasteiger partial charge in [-0.25, -0.2) is 9.59 Å². The van der Waals surface area contributed by atoms with Crippen LogP contribution in [0.2, 0.25) is 0 Å². The molecule has 1 heterocycles. The van der Waals surface area contributed by atoms with Gasteiger partial charge in [-0.3, -0.25) is 0 Å². The normalized spacial score (nSPS) is 10.0. The number of aromatic carboxylic acids is 1. The Hall–Kier alpha value is -2.02. The van der Waals surface area contributed by atoms with E-state index in [2.05, 4.69) is 5.32 Å². The number of urea groups is 1. The van der Waals surface area contributed by atoms with Crippen molar-refractivity contribution in [1.29, 1.82) is 0 Å². The van der Waals surface area contributed by atoms with Gasteiger partial charge < -0.3 is 24.8 Å². The van der Waals surface area contributed by atoms with Crippen molar-refractivity contribution in [2.24, 2.45) is 0 Å². The van der Waals surface area contributed by atoms with Crippen molar-refractivity contribution in [3.63, 3.8) is 0 Å². The maximum absolute atomic E-state index is 11.4. The fraction of sp³-hybridized carbons (Fsp3) is 0.400. The number of nitrogens with one attached hydrogen (secondary N) is 1. The Kier molecular flexibility index (Phi) is 4.53. The van der Waals surface area contributed by atoms with Crippen LogP contribution in [-0.4, -0.2) is 47.3 Å². The first kappa shape index (κ1) is 13.0. The van der Waals surface area contributed by atoms with Crippen LogP contribution in [0.5, 0.6) is 0 Å². The van der Waals surface area contributed by atoms with Crippen molar-refractivity contribution in [2.75, 3.05) is 20.2 Å². The lowest BCUT2D eigenvalue weighted by atomic mass is 10.4. The molecule has 0 saturated carbocycles. The Morgan fingerprint density at radius 1 is 1.47 bits per heavy atom. The van der Waals surface area contributed by atoms with Crippen LogP contribution in [-0.2, 0) is 6.54 Å². The molecular formula is C10H14N2O5. The van der Waals surface area contributed by atoms with Gasteiger partial charge in [0.1, 0.15) is 5.76 Å². The van der Waals surface area contributed by atoms with Gasteiger partial charge in [-0.05, 0) is 12.1 Å². The highest BCUT2D eigenvalue weighted by molar-refractivity contribution is 5.84. The maximum Gasteiger partial charge on any atom is 0.371 e. The third-order valence-electron chi connectivity index (χ3n) is 2.07. The lowest BCUT2D eigenvalue weighted by Gasteiger charge is -2.15.